The van der Waals surface area contributed by atoms with Crippen molar-refractivity contribution in [3.63, 3.8) is 0 Å². The molecular weight excluding hydrogens is 430 g/mol. The summed E-state index contributed by atoms with van der Waals surface area (Å²) >= 11 is 0. The van der Waals surface area contributed by atoms with Crippen molar-refractivity contribution in [2.45, 2.75) is 45.1 Å². The number of nitrogens with two attached hydrogens (primary N) is 1. The number of benzene rings is 2. The molecule has 0 atom stereocenters. The van der Waals surface area contributed by atoms with E-state index < -0.39 is 0 Å². The number of amides is 2. The molecule has 2 aromatic carbocycles. The van der Waals surface area contributed by atoms with Crippen LogP contribution in [-0.4, -0.2) is 42.1 Å². The van der Waals surface area contributed by atoms with E-state index in [0.717, 1.165) is 48.8 Å². The van der Waals surface area contributed by atoms with Gasteiger partial charge in [0.2, 0.25) is 11.9 Å². The Hall–Kier alpha value is -3.39. The van der Waals surface area contributed by atoms with Crippen LogP contribution in [-0.2, 0) is 16.1 Å². The van der Waals surface area contributed by atoms with Crippen LogP contribution in [0.3, 0.4) is 0 Å². The molecule has 3 N–H and O–H groups in total. The molecule has 0 bridgehead atoms. The Kier molecular flexibility index (Phi) is 7.47. The summed E-state index contributed by atoms with van der Waals surface area (Å²) in [7, 11) is 3.50. The first kappa shape index (κ1) is 23.8. The Bertz CT molecular complexity index is 1150. The topological polar surface area (TPSA) is 102 Å². The number of nitrogens with one attached hydrogen (secondary N) is 1. The summed E-state index contributed by atoms with van der Waals surface area (Å²) in [5.74, 6) is 0.464. The second-order valence-corrected chi connectivity index (χ2v) is 8.91. The van der Waals surface area contributed by atoms with Gasteiger partial charge in [-0.05, 0) is 61.7 Å². The van der Waals surface area contributed by atoms with Crippen LogP contribution in [0.5, 0.6) is 0 Å². The van der Waals surface area contributed by atoms with Gasteiger partial charge in [-0.15, -0.1) is 0 Å². The van der Waals surface area contributed by atoms with Gasteiger partial charge in [0.1, 0.15) is 0 Å². The van der Waals surface area contributed by atoms with Gasteiger partial charge in [-0.25, -0.2) is 4.98 Å². The van der Waals surface area contributed by atoms with Gasteiger partial charge in [-0.1, -0.05) is 19.3 Å². The zero-order valence-corrected chi connectivity index (χ0v) is 19.9. The third kappa shape index (κ3) is 5.22. The average molecular weight is 464 g/mol. The molecule has 1 aliphatic carbocycles. The number of nitrogens with zero attached hydrogens (tertiary/aromatic N) is 3. The number of nitrogen functional groups attached to an aromatic ring is 1. The number of aromatic nitrogens is 2. The molecule has 8 heteroatoms. The van der Waals surface area contributed by atoms with Crippen LogP contribution in [0.25, 0.3) is 11.0 Å². The standard InChI is InChI=1S/C26H33N5O3/c1-30(25(33)19-7-4-3-5-8-19)21-13-14-23-22(17-21)28-26(31(23)15-6-16-34-2)29-24(32)18-9-11-20(27)12-10-18/h9-14,17,19H,3-8,15-16,27H2,1-2H3,(H,28,29,32). The molecule has 0 aliphatic heterocycles. The van der Waals surface area contributed by atoms with Crippen LogP contribution in [0, 0.1) is 5.92 Å². The van der Waals surface area contributed by atoms with Crippen LogP contribution in [0.1, 0.15) is 48.9 Å². The number of rotatable bonds is 8. The summed E-state index contributed by atoms with van der Waals surface area (Å²) in [4.78, 5) is 32.3. The minimum Gasteiger partial charge on any atom is -0.399 e. The van der Waals surface area contributed by atoms with Gasteiger partial charge in [0.05, 0.1) is 11.0 Å². The van der Waals surface area contributed by atoms with E-state index in [2.05, 4.69) is 5.32 Å². The minimum atomic E-state index is -0.256. The van der Waals surface area contributed by atoms with Gasteiger partial charge >= 0.3 is 0 Å². The number of aryl methyl sites for hydroxylation is 1. The summed E-state index contributed by atoms with van der Waals surface area (Å²) in [6.07, 6.45) is 6.14. The SMILES string of the molecule is COCCCn1c(NC(=O)c2ccc(N)cc2)nc2cc(N(C)C(=O)C3CCCCC3)ccc21. The van der Waals surface area contributed by atoms with Crippen molar-refractivity contribution < 1.29 is 14.3 Å². The fourth-order valence-corrected chi connectivity index (χ4v) is 4.57. The van der Waals surface area contributed by atoms with Crippen molar-refractivity contribution in [1.82, 2.24) is 9.55 Å². The van der Waals surface area contributed by atoms with E-state index in [-0.39, 0.29) is 17.7 Å². The predicted octanol–water partition coefficient (Wildman–Crippen LogP) is 4.45. The number of hydrogen-bond donors (Lipinski definition) is 2. The van der Waals surface area contributed by atoms with E-state index in [9.17, 15) is 9.59 Å². The molecule has 1 heterocycles. The van der Waals surface area contributed by atoms with Crippen molar-refractivity contribution in [3.05, 3.63) is 48.0 Å². The smallest absolute Gasteiger partial charge is 0.257 e. The van der Waals surface area contributed by atoms with Gasteiger partial charge < -0.3 is 19.9 Å². The minimum absolute atomic E-state index is 0.0933. The van der Waals surface area contributed by atoms with Crippen LogP contribution in [0.4, 0.5) is 17.3 Å². The first-order chi connectivity index (χ1) is 16.5. The molecule has 2 amide bonds. The molecular formula is C26H33N5O3. The Labute approximate surface area is 200 Å². The van der Waals surface area contributed by atoms with Gasteiger partial charge in [0, 0.05) is 50.2 Å². The molecule has 3 aromatic rings. The van der Waals surface area contributed by atoms with Crippen LogP contribution in [0.15, 0.2) is 42.5 Å². The Morgan fingerprint density at radius 1 is 1.15 bits per heavy atom. The number of carbonyl (C=O) groups is 2. The summed E-state index contributed by atoms with van der Waals surface area (Å²) in [6, 6.07) is 12.6. The van der Waals surface area contributed by atoms with E-state index >= 15 is 0 Å². The second-order valence-electron chi connectivity index (χ2n) is 8.91. The number of anilines is 3. The zero-order chi connectivity index (χ0) is 24.1. The Balaban J connectivity index is 1.61. The summed E-state index contributed by atoms with van der Waals surface area (Å²) in [5.41, 5.74) is 9.27. The van der Waals surface area contributed by atoms with Crippen molar-refractivity contribution in [2.24, 2.45) is 5.92 Å². The molecule has 4 rings (SSSR count). The molecule has 34 heavy (non-hydrogen) atoms. The number of methoxy groups -OCH3 is 1. The van der Waals surface area contributed by atoms with Crippen molar-refractivity contribution in [2.75, 3.05) is 36.7 Å². The van der Waals surface area contributed by atoms with Crippen LogP contribution < -0.4 is 16.0 Å². The quantitative estimate of drug-likeness (QED) is 0.380. The maximum atomic E-state index is 13.0. The van der Waals surface area contributed by atoms with Gasteiger partial charge in [0.25, 0.3) is 5.91 Å². The van der Waals surface area contributed by atoms with E-state index in [0.29, 0.717) is 30.4 Å². The van der Waals surface area contributed by atoms with Crippen LogP contribution in [0.2, 0.25) is 0 Å². The number of fused-ring (bicyclic) bond motifs is 1. The normalized spacial score (nSPS) is 14.3. The molecule has 0 spiro atoms. The number of ether oxygens (including phenoxy) is 1. The van der Waals surface area contributed by atoms with Gasteiger partial charge in [0.15, 0.2) is 0 Å². The summed E-state index contributed by atoms with van der Waals surface area (Å²) in [5, 5.41) is 2.94. The molecule has 1 aliphatic rings. The molecule has 0 radical (unpaired) electrons. The molecule has 1 fully saturated rings. The molecule has 1 aromatic heterocycles. The van der Waals surface area contributed by atoms with Crippen molar-refractivity contribution in [1.29, 1.82) is 0 Å². The first-order valence-corrected chi connectivity index (χ1v) is 11.9. The molecule has 1 saturated carbocycles. The lowest BCUT2D eigenvalue weighted by Gasteiger charge is -2.26. The van der Waals surface area contributed by atoms with E-state index in [1.165, 1.54) is 6.42 Å². The predicted molar refractivity (Wildman–Crippen MR) is 135 cm³/mol. The highest BCUT2D eigenvalue weighted by molar-refractivity contribution is 6.04. The van der Waals surface area contributed by atoms with E-state index in [4.69, 9.17) is 15.5 Å². The third-order valence-electron chi connectivity index (χ3n) is 6.53. The van der Waals surface area contributed by atoms with Crippen molar-refractivity contribution >= 4 is 40.2 Å². The average Bonchev–Trinajstić information content (AvgIpc) is 3.20. The Morgan fingerprint density at radius 2 is 1.88 bits per heavy atom. The lowest BCUT2D eigenvalue weighted by Crippen LogP contribution is -2.33. The lowest BCUT2D eigenvalue weighted by molar-refractivity contribution is -0.123. The lowest BCUT2D eigenvalue weighted by atomic mass is 9.88. The number of hydrogen-bond acceptors (Lipinski definition) is 5. The van der Waals surface area contributed by atoms with E-state index in [1.807, 2.05) is 29.8 Å². The molecule has 8 nitrogen and oxygen atoms in total. The summed E-state index contributed by atoms with van der Waals surface area (Å²) in [6.45, 7) is 1.24. The van der Waals surface area contributed by atoms with Gasteiger partial charge in [-0.2, -0.15) is 0 Å². The maximum Gasteiger partial charge on any atom is 0.257 e. The van der Waals surface area contributed by atoms with Gasteiger partial charge in [-0.3, -0.25) is 14.9 Å². The van der Waals surface area contributed by atoms with E-state index in [1.54, 1.807) is 36.3 Å². The fourth-order valence-electron chi connectivity index (χ4n) is 4.57. The first-order valence-electron chi connectivity index (χ1n) is 11.9. The van der Waals surface area contributed by atoms with Crippen LogP contribution >= 0.6 is 0 Å². The number of carbonyl (C=O) groups excluding carboxylic acids is 2. The summed E-state index contributed by atoms with van der Waals surface area (Å²) < 4.78 is 7.19. The monoisotopic (exact) mass is 463 g/mol. The molecule has 180 valence electrons. The highest BCUT2D eigenvalue weighted by atomic mass is 16.5. The second kappa shape index (κ2) is 10.7. The Morgan fingerprint density at radius 3 is 2.59 bits per heavy atom. The highest BCUT2D eigenvalue weighted by Gasteiger charge is 2.25. The maximum absolute atomic E-state index is 13.0. The number of imidazole rings is 1. The highest BCUT2D eigenvalue weighted by Crippen LogP contribution is 2.29. The zero-order valence-electron chi connectivity index (χ0n) is 19.9. The molecule has 0 saturated heterocycles. The molecule has 0 unspecified atom stereocenters. The van der Waals surface area contributed by atoms with Crippen molar-refractivity contribution in [3.8, 4) is 0 Å². The third-order valence-corrected chi connectivity index (χ3v) is 6.53. The fraction of sp³-hybridized carbons (Fsp3) is 0.423. The largest absolute Gasteiger partial charge is 0.399 e.